The van der Waals surface area contributed by atoms with Crippen molar-refractivity contribution in [1.82, 2.24) is 35.0 Å². The number of nitrogens with zero attached hydrogens (tertiary/aromatic N) is 5. The molecule has 0 atom stereocenters. The number of likely N-dealkylation sites (N-methyl/N-ethyl adjacent to an activating group) is 1. The fourth-order valence-corrected chi connectivity index (χ4v) is 5.06. The lowest BCUT2D eigenvalue weighted by Crippen LogP contribution is -2.20. The van der Waals surface area contributed by atoms with Gasteiger partial charge >= 0.3 is 0 Å². The van der Waals surface area contributed by atoms with E-state index < -0.39 is 0 Å². The minimum atomic E-state index is -0.320. The second-order valence-corrected chi connectivity index (χ2v) is 10.7. The fraction of sp³-hybridized carbons (Fsp3) is 0.219. The second-order valence-electron chi connectivity index (χ2n) is 10.7. The average molecular weight is 578 g/mol. The van der Waals surface area contributed by atoms with Crippen LogP contribution >= 0.6 is 0 Å². The smallest absolute Gasteiger partial charge is 0.224 e. The summed E-state index contributed by atoms with van der Waals surface area (Å²) in [4.78, 5) is 30.9. The van der Waals surface area contributed by atoms with Crippen LogP contribution in [0, 0.1) is 5.82 Å². The lowest BCUT2D eigenvalue weighted by Gasteiger charge is -2.13. The summed E-state index contributed by atoms with van der Waals surface area (Å²) < 4.78 is 14.7. The minimum absolute atomic E-state index is 0.0512. The second kappa shape index (κ2) is 12.0. The molecule has 0 aliphatic rings. The third kappa shape index (κ3) is 6.07. The van der Waals surface area contributed by atoms with Gasteiger partial charge in [-0.15, -0.1) is 0 Å². The van der Waals surface area contributed by atoms with Crippen LogP contribution in [-0.4, -0.2) is 68.1 Å². The first-order valence-electron chi connectivity index (χ1n) is 14.1. The van der Waals surface area contributed by atoms with E-state index in [0.717, 1.165) is 57.2 Å². The molecule has 43 heavy (non-hydrogen) atoms. The minimum Gasteiger partial charge on any atom is -0.384 e. The summed E-state index contributed by atoms with van der Waals surface area (Å²) in [7, 11) is 4.00. The van der Waals surface area contributed by atoms with Crippen molar-refractivity contribution in [2.45, 2.75) is 19.8 Å². The van der Waals surface area contributed by atoms with Crippen molar-refractivity contribution in [1.29, 1.82) is 0 Å². The van der Waals surface area contributed by atoms with Crippen LogP contribution in [0.2, 0.25) is 0 Å². The number of aromatic nitrogens is 6. The van der Waals surface area contributed by atoms with E-state index in [1.165, 1.54) is 12.1 Å². The molecule has 0 saturated carbocycles. The van der Waals surface area contributed by atoms with Gasteiger partial charge in [0.2, 0.25) is 5.91 Å². The molecule has 6 rings (SSSR count). The number of anilines is 2. The zero-order valence-electron chi connectivity index (χ0n) is 24.2. The Labute approximate surface area is 247 Å². The summed E-state index contributed by atoms with van der Waals surface area (Å²) in [5, 5.41) is 15.6. The van der Waals surface area contributed by atoms with E-state index in [0.29, 0.717) is 35.7 Å². The number of rotatable bonds is 10. The predicted octanol–water partition coefficient (Wildman–Crippen LogP) is 6.08. The van der Waals surface area contributed by atoms with E-state index in [1.54, 1.807) is 31.0 Å². The number of carbonyl (C=O) groups excluding carboxylic acids is 1. The molecule has 5 aromatic heterocycles. The maximum atomic E-state index is 14.7. The summed E-state index contributed by atoms with van der Waals surface area (Å²) >= 11 is 0. The molecule has 0 aliphatic heterocycles. The van der Waals surface area contributed by atoms with Crippen LogP contribution in [-0.2, 0) is 4.79 Å². The highest BCUT2D eigenvalue weighted by atomic mass is 19.1. The maximum Gasteiger partial charge on any atom is 0.224 e. The van der Waals surface area contributed by atoms with Crippen molar-refractivity contribution in [2.24, 2.45) is 0 Å². The standard InChI is InChI=1S/C32H32FN9O/c1-4-5-31(43)38-23-10-20(14-34-15-23)27-13-25-30(18-37-27)40-41-32(25)28-12-24-26(16-35-17-29(24)39-28)19-8-21(33)11-22(9-19)36-6-7-42(2)3/h8-18,36,39H,4-7H2,1-3H3,(H,38,43)(H,40,41). The number of aromatic amines is 2. The summed E-state index contributed by atoms with van der Waals surface area (Å²) in [6.07, 6.45) is 9.79. The van der Waals surface area contributed by atoms with Crippen LogP contribution in [0.5, 0.6) is 0 Å². The molecule has 0 spiro atoms. The summed E-state index contributed by atoms with van der Waals surface area (Å²) in [5.74, 6) is -0.371. The molecule has 11 heteroatoms. The van der Waals surface area contributed by atoms with Gasteiger partial charge < -0.3 is 20.5 Å². The van der Waals surface area contributed by atoms with Gasteiger partial charge in [-0.05, 0) is 62.5 Å². The highest BCUT2D eigenvalue weighted by Crippen LogP contribution is 2.35. The Morgan fingerprint density at radius 1 is 0.907 bits per heavy atom. The van der Waals surface area contributed by atoms with Gasteiger partial charge in [-0.25, -0.2) is 4.39 Å². The first-order valence-corrected chi connectivity index (χ1v) is 14.1. The Kier molecular flexibility index (Phi) is 7.80. The molecule has 6 aromatic rings. The Balaban J connectivity index is 1.35. The number of hydrogen-bond donors (Lipinski definition) is 4. The van der Waals surface area contributed by atoms with Gasteiger partial charge in [-0.1, -0.05) is 6.92 Å². The van der Waals surface area contributed by atoms with E-state index in [2.05, 4.69) is 45.7 Å². The number of H-pyrrole nitrogens is 2. The fourth-order valence-electron chi connectivity index (χ4n) is 5.06. The predicted molar refractivity (Wildman–Crippen MR) is 168 cm³/mol. The van der Waals surface area contributed by atoms with E-state index in [4.69, 9.17) is 0 Å². The molecule has 1 aromatic carbocycles. The maximum absolute atomic E-state index is 14.7. The molecule has 0 bridgehead atoms. The van der Waals surface area contributed by atoms with Gasteiger partial charge in [0.1, 0.15) is 11.5 Å². The lowest BCUT2D eigenvalue weighted by atomic mass is 10.0. The molecular weight excluding hydrogens is 545 g/mol. The van der Waals surface area contributed by atoms with Gasteiger partial charge in [0.15, 0.2) is 0 Å². The van der Waals surface area contributed by atoms with Gasteiger partial charge in [0.05, 0.1) is 46.7 Å². The number of nitrogens with one attached hydrogen (secondary N) is 4. The summed E-state index contributed by atoms with van der Waals surface area (Å²) in [5.41, 5.74) is 7.42. The number of carbonyl (C=O) groups is 1. The molecule has 1 amide bonds. The third-order valence-corrected chi connectivity index (χ3v) is 7.14. The molecule has 0 aliphatic carbocycles. The van der Waals surface area contributed by atoms with Crippen LogP contribution in [0.25, 0.3) is 55.6 Å². The third-order valence-electron chi connectivity index (χ3n) is 7.14. The largest absolute Gasteiger partial charge is 0.384 e. The molecule has 10 nitrogen and oxygen atoms in total. The van der Waals surface area contributed by atoms with E-state index in [-0.39, 0.29) is 11.7 Å². The molecule has 0 saturated heterocycles. The Bertz CT molecular complexity index is 1930. The first kappa shape index (κ1) is 28.0. The van der Waals surface area contributed by atoms with Crippen LogP contribution < -0.4 is 10.6 Å². The number of hydrogen-bond acceptors (Lipinski definition) is 7. The Hall–Kier alpha value is -5.16. The Morgan fingerprint density at radius 2 is 1.74 bits per heavy atom. The lowest BCUT2D eigenvalue weighted by molar-refractivity contribution is -0.116. The van der Waals surface area contributed by atoms with Crippen LogP contribution in [0.3, 0.4) is 0 Å². The van der Waals surface area contributed by atoms with Gasteiger partial charge in [-0.3, -0.25) is 24.8 Å². The normalized spacial score (nSPS) is 11.5. The number of halogens is 1. The first-order chi connectivity index (χ1) is 20.9. The van der Waals surface area contributed by atoms with Crippen LogP contribution in [0.15, 0.2) is 67.4 Å². The van der Waals surface area contributed by atoms with Gasteiger partial charge in [-0.2, -0.15) is 5.10 Å². The van der Waals surface area contributed by atoms with E-state index in [9.17, 15) is 9.18 Å². The van der Waals surface area contributed by atoms with Crippen molar-refractivity contribution in [2.75, 3.05) is 37.8 Å². The number of pyridine rings is 3. The molecule has 0 fully saturated rings. The van der Waals surface area contributed by atoms with Crippen LogP contribution in [0.1, 0.15) is 19.8 Å². The zero-order chi connectivity index (χ0) is 29.9. The van der Waals surface area contributed by atoms with Crippen molar-refractivity contribution in [3.63, 3.8) is 0 Å². The van der Waals surface area contributed by atoms with Crippen molar-refractivity contribution in [3.05, 3.63) is 73.2 Å². The molecule has 0 unspecified atom stereocenters. The quantitative estimate of drug-likeness (QED) is 0.155. The van der Waals surface area contributed by atoms with Crippen molar-refractivity contribution in [3.8, 4) is 33.8 Å². The highest BCUT2D eigenvalue weighted by molar-refractivity contribution is 6.01. The van der Waals surface area contributed by atoms with E-state index >= 15 is 0 Å². The SMILES string of the molecule is CCCC(=O)Nc1cncc(-c2cc3c(-c4cc5c(-c6cc(F)cc(NCCN(C)C)c6)cncc5[nH]4)n[nH]c3cn2)c1. The summed E-state index contributed by atoms with van der Waals surface area (Å²) in [6.45, 7) is 3.49. The van der Waals surface area contributed by atoms with Gasteiger partial charge in [0.25, 0.3) is 0 Å². The number of benzene rings is 1. The Morgan fingerprint density at radius 3 is 2.58 bits per heavy atom. The van der Waals surface area contributed by atoms with E-state index in [1.807, 2.05) is 45.3 Å². The topological polar surface area (TPSA) is 128 Å². The summed E-state index contributed by atoms with van der Waals surface area (Å²) in [6, 6.07) is 10.8. The molecular formula is C32H32FN9O. The molecule has 5 heterocycles. The molecule has 0 radical (unpaired) electrons. The van der Waals surface area contributed by atoms with Gasteiger partial charge in [0, 0.05) is 59.5 Å². The number of amides is 1. The molecule has 4 N–H and O–H groups in total. The van der Waals surface area contributed by atoms with Crippen LogP contribution in [0.4, 0.5) is 15.8 Å². The molecule has 218 valence electrons. The van der Waals surface area contributed by atoms with Crippen molar-refractivity contribution < 1.29 is 9.18 Å². The number of fused-ring (bicyclic) bond motifs is 2. The highest BCUT2D eigenvalue weighted by Gasteiger charge is 2.16. The van der Waals surface area contributed by atoms with Crippen molar-refractivity contribution >= 4 is 39.1 Å². The average Bonchev–Trinajstić information content (AvgIpc) is 3.60. The zero-order valence-corrected chi connectivity index (χ0v) is 24.2. The monoisotopic (exact) mass is 577 g/mol.